The molecule has 32 heavy (non-hydrogen) atoms. The molecule has 0 bridgehead atoms. The molecule has 1 atom stereocenters. The summed E-state index contributed by atoms with van der Waals surface area (Å²) in [6, 6.07) is 11.5. The molecule has 6 nitrogen and oxygen atoms in total. The highest BCUT2D eigenvalue weighted by molar-refractivity contribution is 7.90. The first-order valence-electron chi connectivity index (χ1n) is 10.0. The highest BCUT2D eigenvalue weighted by Gasteiger charge is 2.31. The number of nitrogens with one attached hydrogen (secondary N) is 1. The fraction of sp³-hybridized carbons (Fsp3) is 0.409. The van der Waals surface area contributed by atoms with Gasteiger partial charge in [-0.05, 0) is 54.4 Å². The number of rotatable bonds is 7. The van der Waals surface area contributed by atoms with Crippen molar-refractivity contribution in [2.24, 2.45) is 0 Å². The Labute approximate surface area is 185 Å². The number of piperazine rings is 1. The molecule has 0 radical (unpaired) electrons. The maximum absolute atomic E-state index is 13.1. The van der Waals surface area contributed by atoms with Gasteiger partial charge in [-0.15, -0.1) is 0 Å². The van der Waals surface area contributed by atoms with E-state index in [1.54, 1.807) is 18.2 Å². The molecule has 2 aromatic carbocycles. The van der Waals surface area contributed by atoms with Crippen LogP contribution in [0.15, 0.2) is 47.4 Å². The van der Waals surface area contributed by atoms with Crippen LogP contribution in [0.3, 0.4) is 0 Å². The average molecular weight is 468 g/mol. The summed E-state index contributed by atoms with van der Waals surface area (Å²) in [5, 5.41) is 12.4. The predicted octanol–water partition coefficient (Wildman–Crippen LogP) is 2.88. The number of benzene rings is 2. The molecule has 1 aliphatic heterocycles. The highest BCUT2D eigenvalue weighted by atomic mass is 32.2. The molecule has 172 valence electrons. The average Bonchev–Trinajstić information content (AvgIpc) is 2.75. The smallest absolute Gasteiger partial charge is 0.416 e. The van der Waals surface area contributed by atoms with Gasteiger partial charge in [-0.1, -0.05) is 0 Å². The number of halogens is 3. The van der Waals surface area contributed by atoms with Crippen molar-refractivity contribution in [2.45, 2.75) is 23.5 Å². The molecular weight excluding hydrogens is 443 g/mol. The van der Waals surface area contributed by atoms with Gasteiger partial charge in [-0.2, -0.15) is 18.4 Å². The molecule has 1 aliphatic rings. The van der Waals surface area contributed by atoms with E-state index < -0.39 is 21.6 Å². The van der Waals surface area contributed by atoms with Gasteiger partial charge in [-0.3, -0.25) is 0 Å². The van der Waals surface area contributed by atoms with Crippen molar-refractivity contribution in [2.75, 3.05) is 39.0 Å². The third-order valence-electron chi connectivity index (χ3n) is 5.21. The van der Waals surface area contributed by atoms with Gasteiger partial charge in [0.2, 0.25) is 0 Å². The molecule has 1 fully saturated rings. The van der Waals surface area contributed by atoms with Crippen molar-refractivity contribution in [1.29, 1.82) is 5.26 Å². The minimum atomic E-state index is -4.49. The normalized spacial score (nSPS) is 17.7. The lowest BCUT2D eigenvalue weighted by Gasteiger charge is -2.33. The van der Waals surface area contributed by atoms with Crippen molar-refractivity contribution >= 4 is 9.84 Å². The third-order valence-corrected chi connectivity index (χ3v) is 6.34. The topological polar surface area (TPSA) is 82.4 Å². The van der Waals surface area contributed by atoms with Gasteiger partial charge in [0.1, 0.15) is 12.4 Å². The number of ether oxygens (including phenoxy) is 1. The Hall–Kier alpha value is -2.61. The van der Waals surface area contributed by atoms with Crippen molar-refractivity contribution in [3.8, 4) is 11.8 Å². The molecule has 1 unspecified atom stereocenters. The van der Waals surface area contributed by atoms with E-state index in [9.17, 15) is 21.6 Å². The van der Waals surface area contributed by atoms with Crippen molar-refractivity contribution in [3.63, 3.8) is 0 Å². The van der Waals surface area contributed by atoms with Crippen LogP contribution in [0.2, 0.25) is 0 Å². The Morgan fingerprint density at radius 3 is 2.56 bits per heavy atom. The first-order valence-corrected chi connectivity index (χ1v) is 11.9. The van der Waals surface area contributed by atoms with E-state index >= 15 is 0 Å². The highest BCUT2D eigenvalue weighted by Crippen LogP contribution is 2.30. The molecule has 1 saturated heterocycles. The standard InChI is InChI=1S/C22H24F3N3O3S/c1-32(29,30)21-4-2-20(3-5-21)31-15-19-14-28(9-7-27-19)8-6-16-10-17(13-26)12-18(11-16)22(23,24)25/h2-5,10-12,19,27H,6-9,14-15H2,1H3. The maximum atomic E-state index is 13.1. The lowest BCUT2D eigenvalue weighted by atomic mass is 10.0. The van der Waals surface area contributed by atoms with Crippen LogP contribution in [0.1, 0.15) is 16.7 Å². The molecular formula is C22H24F3N3O3S. The minimum Gasteiger partial charge on any atom is -0.492 e. The SMILES string of the molecule is CS(=O)(=O)c1ccc(OCC2CN(CCc3cc(C#N)cc(C(F)(F)F)c3)CCN2)cc1. The molecule has 1 heterocycles. The van der Waals surface area contributed by atoms with Crippen LogP contribution < -0.4 is 10.1 Å². The summed E-state index contributed by atoms with van der Waals surface area (Å²) in [6.45, 7) is 3.06. The molecule has 10 heteroatoms. The molecule has 0 spiro atoms. The molecule has 0 aromatic heterocycles. The van der Waals surface area contributed by atoms with Gasteiger partial charge in [-0.25, -0.2) is 8.42 Å². The van der Waals surface area contributed by atoms with Crippen molar-refractivity contribution in [3.05, 3.63) is 59.2 Å². The van der Waals surface area contributed by atoms with Crippen LogP contribution in [0.4, 0.5) is 13.2 Å². The Balaban J connectivity index is 1.54. The Morgan fingerprint density at radius 1 is 1.22 bits per heavy atom. The van der Waals surface area contributed by atoms with Gasteiger partial charge >= 0.3 is 6.18 Å². The van der Waals surface area contributed by atoms with E-state index in [2.05, 4.69) is 10.2 Å². The van der Waals surface area contributed by atoms with Crippen LogP contribution in [0.5, 0.6) is 5.75 Å². The summed E-state index contributed by atoms with van der Waals surface area (Å²) in [6.07, 6.45) is -2.94. The molecule has 1 N–H and O–H groups in total. The monoisotopic (exact) mass is 467 g/mol. The summed E-state index contributed by atoms with van der Waals surface area (Å²) in [5.74, 6) is 0.560. The number of nitrogens with zero attached hydrogens (tertiary/aromatic N) is 2. The molecule has 3 rings (SSSR count). The first kappa shape index (κ1) is 24.0. The number of alkyl halides is 3. The van der Waals surface area contributed by atoms with E-state index in [1.807, 2.05) is 0 Å². The minimum absolute atomic E-state index is 0.00306. The summed E-state index contributed by atoms with van der Waals surface area (Å²) in [5.41, 5.74) is -0.322. The van der Waals surface area contributed by atoms with Gasteiger partial charge in [0.25, 0.3) is 0 Å². The lowest BCUT2D eigenvalue weighted by molar-refractivity contribution is -0.137. The fourth-order valence-electron chi connectivity index (χ4n) is 3.54. The van der Waals surface area contributed by atoms with E-state index in [0.29, 0.717) is 44.0 Å². The Kier molecular flexibility index (Phi) is 7.44. The second kappa shape index (κ2) is 9.90. The Morgan fingerprint density at radius 2 is 1.94 bits per heavy atom. The van der Waals surface area contributed by atoms with E-state index in [4.69, 9.17) is 10.00 Å². The van der Waals surface area contributed by atoms with E-state index in [0.717, 1.165) is 24.9 Å². The largest absolute Gasteiger partial charge is 0.492 e. The number of sulfone groups is 1. The zero-order valence-corrected chi connectivity index (χ0v) is 18.3. The predicted molar refractivity (Wildman–Crippen MR) is 113 cm³/mol. The first-order chi connectivity index (χ1) is 15.0. The summed E-state index contributed by atoms with van der Waals surface area (Å²) >= 11 is 0. The molecule has 0 aliphatic carbocycles. The van der Waals surface area contributed by atoms with E-state index in [-0.39, 0.29) is 16.5 Å². The Bertz CT molecular complexity index is 1080. The molecule has 0 amide bonds. The fourth-order valence-corrected chi connectivity index (χ4v) is 4.17. The summed E-state index contributed by atoms with van der Waals surface area (Å²) in [4.78, 5) is 2.37. The summed E-state index contributed by atoms with van der Waals surface area (Å²) in [7, 11) is -3.26. The van der Waals surface area contributed by atoms with Crippen molar-refractivity contribution < 1.29 is 26.3 Å². The van der Waals surface area contributed by atoms with E-state index in [1.165, 1.54) is 18.2 Å². The van der Waals surface area contributed by atoms with Gasteiger partial charge in [0.15, 0.2) is 9.84 Å². The van der Waals surface area contributed by atoms with Gasteiger partial charge in [0.05, 0.1) is 28.1 Å². The van der Waals surface area contributed by atoms with Gasteiger partial charge in [0, 0.05) is 32.4 Å². The number of nitriles is 1. The summed E-state index contributed by atoms with van der Waals surface area (Å²) < 4.78 is 68.0. The zero-order valence-electron chi connectivity index (χ0n) is 17.5. The van der Waals surface area contributed by atoms with Crippen molar-refractivity contribution in [1.82, 2.24) is 10.2 Å². The third kappa shape index (κ3) is 6.69. The number of hydrogen-bond donors (Lipinski definition) is 1. The van der Waals surface area contributed by atoms with Crippen LogP contribution in [-0.2, 0) is 22.4 Å². The molecule has 0 saturated carbocycles. The van der Waals surface area contributed by atoms with Gasteiger partial charge < -0.3 is 15.0 Å². The van der Waals surface area contributed by atoms with Crippen LogP contribution in [0, 0.1) is 11.3 Å². The van der Waals surface area contributed by atoms with Crippen LogP contribution in [-0.4, -0.2) is 58.4 Å². The second-order valence-corrected chi connectivity index (χ2v) is 9.80. The zero-order chi connectivity index (χ0) is 23.4. The molecule has 2 aromatic rings. The van der Waals surface area contributed by atoms with Crippen LogP contribution in [0.25, 0.3) is 0 Å². The van der Waals surface area contributed by atoms with Crippen LogP contribution >= 0.6 is 0 Å². The second-order valence-electron chi connectivity index (χ2n) is 7.78. The quantitative estimate of drug-likeness (QED) is 0.675. The lowest BCUT2D eigenvalue weighted by Crippen LogP contribution is -2.53. The number of hydrogen-bond acceptors (Lipinski definition) is 6. The maximum Gasteiger partial charge on any atom is 0.416 e.